The van der Waals surface area contributed by atoms with Crippen LogP contribution in [0.25, 0.3) is 0 Å². The quantitative estimate of drug-likeness (QED) is 0.0774. The summed E-state index contributed by atoms with van der Waals surface area (Å²) >= 11 is 0. The second kappa shape index (κ2) is 54.1. The largest absolute Gasteiger partial charge is 0.381 e. The first-order valence-corrected chi connectivity index (χ1v) is 63.6. The third-order valence-electron chi connectivity index (χ3n) is 46.0. The van der Waals surface area contributed by atoms with Crippen molar-refractivity contribution in [3.63, 3.8) is 0 Å². The molecule has 0 heterocycles. The Balaban J connectivity index is 0.000000124. The molecule has 0 saturated heterocycles. The first-order chi connectivity index (χ1) is 67.9. The minimum atomic E-state index is 0.442. The summed E-state index contributed by atoms with van der Waals surface area (Å²) in [7, 11) is 0. The number of fused-ring (bicyclic) bond motifs is 25. The predicted molar refractivity (Wildman–Crippen MR) is 588 cm³/mol. The average Bonchev–Trinajstić information content (AvgIpc) is 1.52. The average molecular weight is 1970 g/mol. The molecule has 141 heavy (non-hydrogen) atoms. The number of hydrogen-bond donors (Lipinski definition) is 0. The highest BCUT2D eigenvalue weighted by atomic mass is 16.5. The van der Waals surface area contributed by atoms with Crippen LogP contribution in [0, 0.1) is 191 Å². The van der Waals surface area contributed by atoms with Crippen LogP contribution in [-0.2, 0) is 52.1 Å². The number of rotatable bonds is 26. The van der Waals surface area contributed by atoms with Crippen molar-refractivity contribution < 1.29 is 52.1 Å². The van der Waals surface area contributed by atoms with Crippen LogP contribution in [0.4, 0.5) is 0 Å². The standard InChI is InChI=1S/C16H26O.2C14H26O.4C12H22O.C11H20O.C10H18O.C9H16O.C8H14O/c1-4-17-15-11-8-12(16(15,2)3)14-10-6-5-9(7-10)13(11)14;1-3-15-11-14(2)10-6-8-12-7-4-5-9-13(12)14;1-3-15-11-14(2)9-8-12-6-4-5-7-13(12)10-14;1-5-13-10-9-6-7-12(10,4)8-11(9,2)3;1-4-13-11-9-5-7-10(8-6-9)12(11,2)3;1-3-13-9-12(2)7-10-5-4-6-11(10)8-12;1-3-13-9-12(2)8-7-10-5-4-6-11(10)12;1-2-12-11-9-5-3-6-10(11)8-4-7-9;1-2-11-10-8-4-3-5-9(10)7-6-8;1-2-10-9-7-3-4-8(9)6-5-7;1-2-9-8-6-3-4-7(8)5-6/h9-15H,4-8H2,1-3H3;2*12-13H,3-11H2,1-2H3;9-10H,5-8H2,1-4H3;9-11H,4-8H2,1-3H3;2*10-11H,3-9H2,1-2H3;9-11H,2-8H2,1H3;8-10H,2-7H2,1H3;7-9H,2-6H2,1H3;6-8H,2-5H2,1H3. The Kier molecular flexibility index (Phi) is 44.5. The van der Waals surface area contributed by atoms with Crippen LogP contribution in [0.1, 0.15) is 493 Å². The summed E-state index contributed by atoms with van der Waals surface area (Å²) in [5.41, 5.74) is 3.94. The van der Waals surface area contributed by atoms with E-state index in [9.17, 15) is 0 Å². The molecule has 0 aromatic carbocycles. The smallest absolute Gasteiger partial charge is 0.0661 e. The van der Waals surface area contributed by atoms with Crippen LogP contribution < -0.4 is 0 Å². The molecule has 26 rings (SSSR count). The predicted octanol–water partition coefficient (Wildman–Crippen LogP) is 34.3. The lowest BCUT2D eigenvalue weighted by molar-refractivity contribution is -0.139. The lowest BCUT2D eigenvalue weighted by Crippen LogP contribution is -2.51. The SMILES string of the molecule is CCOC1C2CC(C3C4CCC(C4)C23)C1(C)C.CCOC1C2CCC(CC2)C1(C)C.CCOC1C2CCC1(C)CC2(C)C.CCOC1C2CCC1C2.CCOC1C2CCC1CC2.CCOC1C2CCCC1CC2.CCOC1C2CCCC1CCC2.CCOCC1(C)CC2CCCC2C1.CCOCC1(C)CCC2CCCC21.CCOCC1(C)CCC2CCCCC2C1.CCOCC1(C)CCCC2CCCCC21. The zero-order chi connectivity index (χ0) is 100. The molecule has 0 amide bonds. The van der Waals surface area contributed by atoms with E-state index in [2.05, 4.69) is 152 Å². The van der Waals surface area contributed by atoms with E-state index in [1.807, 2.05) is 0 Å². The lowest BCUT2D eigenvalue weighted by Gasteiger charge is -2.53. The Labute approximate surface area is 872 Å². The molecule has 0 aromatic heterocycles. The molecular weight excluding hydrogens is 1740 g/mol. The minimum Gasteiger partial charge on any atom is -0.381 e. The van der Waals surface area contributed by atoms with E-state index in [0.29, 0.717) is 86.0 Å². The zero-order valence-corrected chi connectivity index (χ0v) is 97.0. The summed E-state index contributed by atoms with van der Waals surface area (Å²) < 4.78 is 63.5. The number of ether oxygens (including phenoxy) is 11. The van der Waals surface area contributed by atoms with E-state index in [-0.39, 0.29) is 0 Å². The van der Waals surface area contributed by atoms with Gasteiger partial charge in [-0.15, -0.1) is 0 Å². The molecule has 0 N–H and O–H groups in total. The molecule has 0 radical (unpaired) electrons. The molecule has 26 fully saturated rings. The molecule has 0 spiro atoms. The van der Waals surface area contributed by atoms with Crippen molar-refractivity contribution in [2.24, 2.45) is 191 Å². The summed E-state index contributed by atoms with van der Waals surface area (Å²) in [5.74, 6) is 24.5. The minimum absolute atomic E-state index is 0.442. The Hall–Kier alpha value is -0.440. The summed E-state index contributed by atoms with van der Waals surface area (Å²) in [6.07, 6.45) is 81.3. The van der Waals surface area contributed by atoms with Gasteiger partial charge >= 0.3 is 0 Å². The summed E-state index contributed by atoms with van der Waals surface area (Å²) in [6, 6.07) is 0. The monoisotopic (exact) mass is 1970 g/mol. The van der Waals surface area contributed by atoms with Crippen molar-refractivity contribution in [1.29, 1.82) is 0 Å². The molecule has 820 valence electrons. The van der Waals surface area contributed by atoms with Crippen LogP contribution in [0.15, 0.2) is 0 Å². The summed E-state index contributed by atoms with van der Waals surface area (Å²) in [5, 5.41) is 0. The highest BCUT2D eigenvalue weighted by Crippen LogP contribution is 2.73. The summed E-state index contributed by atoms with van der Waals surface area (Å²) in [4.78, 5) is 0. The molecule has 0 aromatic rings. The van der Waals surface area contributed by atoms with Crippen molar-refractivity contribution >= 4 is 0 Å². The fourth-order valence-corrected chi connectivity index (χ4v) is 39.6. The molecule has 26 atom stereocenters. The van der Waals surface area contributed by atoms with Crippen LogP contribution in [-0.4, -0.2) is 142 Å². The van der Waals surface area contributed by atoms with Crippen molar-refractivity contribution in [3.05, 3.63) is 0 Å². The van der Waals surface area contributed by atoms with Gasteiger partial charge in [0.2, 0.25) is 0 Å². The highest BCUT2D eigenvalue weighted by Gasteiger charge is 2.69. The summed E-state index contributed by atoms with van der Waals surface area (Å²) in [6.45, 7) is 63.9. The third-order valence-corrected chi connectivity index (χ3v) is 46.0. The van der Waals surface area contributed by atoms with Crippen molar-refractivity contribution in [2.45, 2.75) is 535 Å². The molecule has 26 saturated carbocycles. The van der Waals surface area contributed by atoms with Gasteiger partial charge in [0, 0.05) is 72.7 Å². The Bertz CT molecular complexity index is 3410. The molecule has 11 heteroatoms. The van der Waals surface area contributed by atoms with E-state index in [1.165, 1.54) is 327 Å². The molecule has 0 aliphatic heterocycles. The van der Waals surface area contributed by atoms with E-state index in [1.54, 1.807) is 12.8 Å². The zero-order valence-electron chi connectivity index (χ0n) is 97.0. The van der Waals surface area contributed by atoms with E-state index in [0.717, 1.165) is 247 Å². The van der Waals surface area contributed by atoms with Crippen molar-refractivity contribution in [3.8, 4) is 0 Å². The van der Waals surface area contributed by atoms with Crippen LogP contribution in [0.5, 0.6) is 0 Å². The molecule has 26 unspecified atom stereocenters. The lowest BCUT2D eigenvalue weighted by atomic mass is 9.56. The van der Waals surface area contributed by atoms with Crippen LogP contribution in [0.2, 0.25) is 0 Å². The first kappa shape index (κ1) is 116. The number of hydrogen-bond acceptors (Lipinski definition) is 11. The topological polar surface area (TPSA) is 102 Å². The molecule has 16 bridgehead atoms. The van der Waals surface area contributed by atoms with Gasteiger partial charge in [0.1, 0.15) is 0 Å². The van der Waals surface area contributed by atoms with Crippen LogP contribution in [0.3, 0.4) is 0 Å². The molecule has 26 aliphatic carbocycles. The maximum Gasteiger partial charge on any atom is 0.0661 e. The Morgan fingerprint density at radius 1 is 0.213 bits per heavy atom. The fraction of sp³-hybridized carbons (Fsp3) is 1.00. The van der Waals surface area contributed by atoms with Gasteiger partial charge in [-0.05, 0) is 499 Å². The van der Waals surface area contributed by atoms with Gasteiger partial charge in [-0.3, -0.25) is 0 Å². The van der Waals surface area contributed by atoms with E-state index < -0.39 is 0 Å². The molecular formula is C130H234O11. The van der Waals surface area contributed by atoms with Gasteiger partial charge in [0.05, 0.1) is 69.2 Å². The van der Waals surface area contributed by atoms with Gasteiger partial charge < -0.3 is 52.1 Å². The molecule has 26 aliphatic rings. The first-order valence-electron chi connectivity index (χ1n) is 63.6. The maximum atomic E-state index is 6.17. The van der Waals surface area contributed by atoms with E-state index >= 15 is 0 Å². The van der Waals surface area contributed by atoms with Gasteiger partial charge in [0.15, 0.2) is 0 Å². The second-order valence-electron chi connectivity index (χ2n) is 56.2. The van der Waals surface area contributed by atoms with Gasteiger partial charge in [-0.2, -0.15) is 0 Å². The van der Waals surface area contributed by atoms with Crippen LogP contribution >= 0.6 is 0 Å². The third kappa shape index (κ3) is 28.3. The normalized spacial score (nSPS) is 45.1. The van der Waals surface area contributed by atoms with Crippen molar-refractivity contribution in [2.75, 3.05) is 99.1 Å². The highest BCUT2D eigenvalue weighted by molar-refractivity contribution is 5.18. The van der Waals surface area contributed by atoms with Gasteiger partial charge in [-0.25, -0.2) is 0 Å². The van der Waals surface area contributed by atoms with E-state index in [4.69, 9.17) is 52.1 Å². The Morgan fingerprint density at radius 2 is 0.560 bits per heavy atom. The maximum absolute atomic E-state index is 6.17. The fourth-order valence-electron chi connectivity index (χ4n) is 39.6. The molecule has 11 nitrogen and oxygen atoms in total. The Morgan fingerprint density at radius 3 is 1.04 bits per heavy atom. The van der Waals surface area contributed by atoms with Crippen molar-refractivity contribution in [1.82, 2.24) is 0 Å². The second-order valence-corrected chi connectivity index (χ2v) is 56.2. The van der Waals surface area contributed by atoms with Gasteiger partial charge in [-0.1, -0.05) is 185 Å². The van der Waals surface area contributed by atoms with Gasteiger partial charge in [0.25, 0.3) is 0 Å².